The maximum Gasteiger partial charge on any atom is 0.0815 e. The summed E-state index contributed by atoms with van der Waals surface area (Å²) in [5.41, 5.74) is 3.74. The number of rotatable bonds is 1. The number of fused-ring (bicyclic) bond motifs is 1. The summed E-state index contributed by atoms with van der Waals surface area (Å²) in [4.78, 5) is 4.17. The van der Waals surface area contributed by atoms with Gasteiger partial charge < -0.3 is 5.11 Å². The smallest absolute Gasteiger partial charge is 0.0815 e. The van der Waals surface area contributed by atoms with Crippen LogP contribution in [0.1, 0.15) is 18.6 Å². The Hall–Kier alpha value is -0.930. The molecule has 0 radical (unpaired) electrons. The number of aromatic nitrogens is 1. The summed E-state index contributed by atoms with van der Waals surface area (Å²) in [7, 11) is 0. The van der Waals surface area contributed by atoms with Crippen LogP contribution in [0.4, 0.5) is 0 Å². The van der Waals surface area contributed by atoms with Crippen molar-refractivity contribution in [3.8, 4) is 0 Å². The molecule has 2 aromatic rings. The van der Waals surface area contributed by atoms with E-state index in [9.17, 15) is 5.11 Å². The highest BCUT2D eigenvalue weighted by Gasteiger charge is 2.06. The van der Waals surface area contributed by atoms with Crippen LogP contribution < -0.4 is 0 Å². The van der Waals surface area contributed by atoms with Crippen molar-refractivity contribution in [1.29, 1.82) is 0 Å². The van der Waals surface area contributed by atoms with Gasteiger partial charge in [0.25, 0.3) is 0 Å². The molecule has 0 aliphatic heterocycles. The van der Waals surface area contributed by atoms with Crippen molar-refractivity contribution < 1.29 is 5.11 Å². The molecule has 1 heterocycles. The summed E-state index contributed by atoms with van der Waals surface area (Å²) >= 11 is 1.57. The molecule has 1 atom stereocenters. The van der Waals surface area contributed by atoms with Gasteiger partial charge in [0, 0.05) is 0 Å². The second kappa shape index (κ2) is 2.84. The number of hydrogen-bond donors (Lipinski definition) is 1. The summed E-state index contributed by atoms with van der Waals surface area (Å²) in [6.07, 6.45) is -0.408. The number of nitrogens with zero attached hydrogens (tertiary/aromatic N) is 1. The SMILES string of the molecule is CC(O)c1cccc2ncsc12. The maximum atomic E-state index is 9.42. The molecular formula is C9H9NOS. The lowest BCUT2D eigenvalue weighted by atomic mass is 10.1. The minimum absolute atomic E-state index is 0.408. The van der Waals surface area contributed by atoms with Crippen LogP contribution in [0.2, 0.25) is 0 Å². The molecule has 1 N–H and O–H groups in total. The zero-order chi connectivity index (χ0) is 8.55. The molecule has 0 saturated heterocycles. The molecule has 1 aromatic heterocycles. The number of thiazole rings is 1. The molecule has 62 valence electrons. The Morgan fingerprint density at radius 3 is 3.08 bits per heavy atom. The number of aliphatic hydroxyl groups is 1. The van der Waals surface area contributed by atoms with Gasteiger partial charge in [-0.1, -0.05) is 12.1 Å². The van der Waals surface area contributed by atoms with Crippen LogP contribution in [0.3, 0.4) is 0 Å². The fraction of sp³-hybridized carbons (Fsp3) is 0.222. The van der Waals surface area contributed by atoms with E-state index in [0.717, 1.165) is 15.8 Å². The van der Waals surface area contributed by atoms with Crippen molar-refractivity contribution >= 4 is 21.6 Å². The van der Waals surface area contributed by atoms with Crippen molar-refractivity contribution in [3.63, 3.8) is 0 Å². The van der Waals surface area contributed by atoms with Crippen molar-refractivity contribution in [3.05, 3.63) is 29.3 Å². The molecular weight excluding hydrogens is 170 g/mol. The molecule has 2 rings (SSSR count). The van der Waals surface area contributed by atoms with Crippen LogP contribution >= 0.6 is 11.3 Å². The summed E-state index contributed by atoms with van der Waals surface area (Å²) < 4.78 is 1.09. The first kappa shape index (κ1) is 7.71. The van der Waals surface area contributed by atoms with Crippen molar-refractivity contribution in [2.45, 2.75) is 13.0 Å². The van der Waals surface area contributed by atoms with Gasteiger partial charge in [-0.05, 0) is 18.6 Å². The Morgan fingerprint density at radius 2 is 2.33 bits per heavy atom. The predicted octanol–water partition coefficient (Wildman–Crippen LogP) is 2.35. The molecule has 2 nitrogen and oxygen atoms in total. The second-order valence-electron chi connectivity index (χ2n) is 2.72. The van der Waals surface area contributed by atoms with Gasteiger partial charge in [0.1, 0.15) is 0 Å². The molecule has 0 saturated carbocycles. The molecule has 0 bridgehead atoms. The minimum Gasteiger partial charge on any atom is -0.389 e. The van der Waals surface area contributed by atoms with Crippen molar-refractivity contribution in [2.75, 3.05) is 0 Å². The van der Waals surface area contributed by atoms with Crippen LogP contribution in [0, 0.1) is 0 Å². The molecule has 0 amide bonds. The van der Waals surface area contributed by atoms with E-state index in [1.54, 1.807) is 23.8 Å². The van der Waals surface area contributed by atoms with Crippen molar-refractivity contribution in [1.82, 2.24) is 4.98 Å². The lowest BCUT2D eigenvalue weighted by molar-refractivity contribution is 0.201. The van der Waals surface area contributed by atoms with E-state index < -0.39 is 6.10 Å². The molecule has 0 spiro atoms. The summed E-state index contributed by atoms with van der Waals surface area (Å²) in [5.74, 6) is 0. The number of aliphatic hydroxyl groups excluding tert-OH is 1. The van der Waals surface area contributed by atoms with Gasteiger partial charge >= 0.3 is 0 Å². The largest absolute Gasteiger partial charge is 0.389 e. The van der Waals surface area contributed by atoms with Gasteiger partial charge in [0.05, 0.1) is 21.8 Å². The topological polar surface area (TPSA) is 33.1 Å². The van der Waals surface area contributed by atoms with E-state index in [-0.39, 0.29) is 0 Å². The first-order valence-electron chi connectivity index (χ1n) is 3.79. The molecule has 0 aliphatic carbocycles. The van der Waals surface area contributed by atoms with Crippen LogP contribution in [-0.4, -0.2) is 10.1 Å². The molecule has 1 aromatic carbocycles. The normalized spacial score (nSPS) is 13.5. The Kier molecular flexibility index (Phi) is 1.83. The number of benzene rings is 1. The third-order valence-electron chi connectivity index (χ3n) is 1.84. The molecule has 3 heteroatoms. The lowest BCUT2D eigenvalue weighted by Gasteiger charge is -2.03. The summed E-state index contributed by atoms with van der Waals surface area (Å²) in [6.45, 7) is 1.77. The standard InChI is InChI=1S/C9H9NOS/c1-6(11)7-3-2-4-8-9(7)12-5-10-8/h2-6,11H,1H3. The van der Waals surface area contributed by atoms with Gasteiger partial charge in [-0.2, -0.15) is 0 Å². The Morgan fingerprint density at radius 1 is 1.50 bits per heavy atom. The third kappa shape index (κ3) is 1.11. The number of hydrogen-bond acceptors (Lipinski definition) is 3. The third-order valence-corrected chi connectivity index (χ3v) is 2.73. The lowest BCUT2D eigenvalue weighted by Crippen LogP contribution is -1.89. The minimum atomic E-state index is -0.408. The molecule has 1 unspecified atom stereocenters. The highest BCUT2D eigenvalue weighted by molar-refractivity contribution is 7.16. The fourth-order valence-corrected chi connectivity index (χ4v) is 2.12. The van der Waals surface area contributed by atoms with E-state index in [1.165, 1.54) is 0 Å². The van der Waals surface area contributed by atoms with Crippen LogP contribution in [0.5, 0.6) is 0 Å². The predicted molar refractivity (Wildman–Crippen MR) is 50.3 cm³/mol. The molecule has 0 aliphatic rings. The van der Waals surface area contributed by atoms with Gasteiger partial charge in [-0.3, -0.25) is 0 Å². The summed E-state index contributed by atoms with van der Waals surface area (Å²) in [5, 5.41) is 9.42. The molecule has 12 heavy (non-hydrogen) atoms. The van der Waals surface area contributed by atoms with E-state index >= 15 is 0 Å². The zero-order valence-corrected chi connectivity index (χ0v) is 7.51. The Bertz CT molecular complexity index is 394. The van der Waals surface area contributed by atoms with Gasteiger partial charge in [0.2, 0.25) is 0 Å². The van der Waals surface area contributed by atoms with Crippen molar-refractivity contribution in [2.24, 2.45) is 0 Å². The van der Waals surface area contributed by atoms with E-state index in [2.05, 4.69) is 4.98 Å². The van der Waals surface area contributed by atoms with E-state index in [0.29, 0.717) is 0 Å². The maximum absolute atomic E-state index is 9.42. The quantitative estimate of drug-likeness (QED) is 0.729. The summed E-state index contributed by atoms with van der Waals surface area (Å²) in [6, 6.07) is 5.81. The van der Waals surface area contributed by atoms with E-state index in [1.807, 2.05) is 18.2 Å². The molecule has 0 fully saturated rings. The highest BCUT2D eigenvalue weighted by Crippen LogP contribution is 2.26. The van der Waals surface area contributed by atoms with Gasteiger partial charge in [-0.25, -0.2) is 4.98 Å². The monoisotopic (exact) mass is 179 g/mol. The van der Waals surface area contributed by atoms with Gasteiger partial charge in [0.15, 0.2) is 0 Å². The van der Waals surface area contributed by atoms with Crippen LogP contribution in [0.25, 0.3) is 10.2 Å². The highest BCUT2D eigenvalue weighted by atomic mass is 32.1. The second-order valence-corrected chi connectivity index (χ2v) is 3.58. The zero-order valence-electron chi connectivity index (χ0n) is 6.69. The first-order chi connectivity index (χ1) is 5.79. The average Bonchev–Trinajstić information content (AvgIpc) is 2.49. The fourth-order valence-electron chi connectivity index (χ4n) is 1.24. The Balaban J connectivity index is 2.73. The average molecular weight is 179 g/mol. The van der Waals surface area contributed by atoms with E-state index in [4.69, 9.17) is 0 Å². The first-order valence-corrected chi connectivity index (χ1v) is 4.67. The Labute approximate surface area is 74.5 Å². The van der Waals surface area contributed by atoms with Crippen LogP contribution in [0.15, 0.2) is 23.7 Å². The van der Waals surface area contributed by atoms with Crippen LogP contribution in [-0.2, 0) is 0 Å². The van der Waals surface area contributed by atoms with Gasteiger partial charge in [-0.15, -0.1) is 11.3 Å².